The van der Waals surface area contributed by atoms with Crippen LogP contribution >= 0.6 is 27.5 Å². The molecule has 0 spiro atoms. The topological polar surface area (TPSA) is 35.5 Å². The number of carbonyl (C=O) groups excluding carboxylic acids is 1. The Bertz CT molecular complexity index is 629. The van der Waals surface area contributed by atoms with Gasteiger partial charge in [-0.25, -0.2) is 0 Å². The molecule has 0 amide bonds. The molecule has 5 heteroatoms. The molecule has 2 aromatic carbocycles. The highest BCUT2D eigenvalue weighted by Crippen LogP contribution is 2.33. The van der Waals surface area contributed by atoms with E-state index in [1.165, 1.54) is 7.11 Å². The lowest BCUT2D eigenvalue weighted by molar-refractivity contribution is 0.112. The van der Waals surface area contributed by atoms with E-state index in [0.29, 0.717) is 33.2 Å². The molecule has 2 aromatic rings. The molecule has 0 atom stereocenters. The Labute approximate surface area is 130 Å². The summed E-state index contributed by atoms with van der Waals surface area (Å²) in [5.41, 5.74) is 1.39. The summed E-state index contributed by atoms with van der Waals surface area (Å²) >= 11 is 9.39. The predicted molar refractivity (Wildman–Crippen MR) is 81.9 cm³/mol. The van der Waals surface area contributed by atoms with Crippen molar-refractivity contribution in [3.8, 4) is 11.5 Å². The maximum atomic E-state index is 10.9. The monoisotopic (exact) mass is 354 g/mol. The van der Waals surface area contributed by atoms with Gasteiger partial charge in [0.25, 0.3) is 0 Å². The second kappa shape index (κ2) is 6.77. The molecule has 0 aliphatic heterocycles. The van der Waals surface area contributed by atoms with Crippen molar-refractivity contribution in [2.45, 2.75) is 6.61 Å². The molecule has 3 nitrogen and oxygen atoms in total. The molecule has 0 fully saturated rings. The maximum Gasteiger partial charge on any atom is 0.162 e. The van der Waals surface area contributed by atoms with Gasteiger partial charge in [-0.3, -0.25) is 4.79 Å². The largest absolute Gasteiger partial charge is 0.493 e. The number of methoxy groups -OCH3 is 1. The average Bonchev–Trinajstić information content (AvgIpc) is 2.46. The highest BCUT2D eigenvalue weighted by Gasteiger charge is 2.10. The standard InChI is InChI=1S/C15H12BrClO3/c1-19-14-6-11(8-18)12(16)7-15(14)20-9-10-4-2-3-5-13(10)17/h2-8H,9H2,1H3. The van der Waals surface area contributed by atoms with Crippen molar-refractivity contribution in [3.63, 3.8) is 0 Å². The van der Waals surface area contributed by atoms with Gasteiger partial charge in [-0.1, -0.05) is 29.8 Å². The van der Waals surface area contributed by atoms with Gasteiger partial charge in [0.1, 0.15) is 6.61 Å². The molecule has 0 heterocycles. The van der Waals surface area contributed by atoms with Crippen molar-refractivity contribution >= 4 is 33.8 Å². The lowest BCUT2D eigenvalue weighted by atomic mass is 10.2. The number of hydrogen-bond donors (Lipinski definition) is 0. The number of halogens is 2. The normalized spacial score (nSPS) is 10.2. The molecule has 20 heavy (non-hydrogen) atoms. The summed E-state index contributed by atoms with van der Waals surface area (Å²) in [6.07, 6.45) is 0.754. The van der Waals surface area contributed by atoms with Crippen LogP contribution in [0.15, 0.2) is 40.9 Å². The fourth-order valence-electron chi connectivity index (χ4n) is 1.68. The fraction of sp³-hybridized carbons (Fsp3) is 0.133. The summed E-state index contributed by atoms with van der Waals surface area (Å²) in [6, 6.07) is 10.8. The number of hydrogen-bond acceptors (Lipinski definition) is 3. The third kappa shape index (κ3) is 3.32. The first-order chi connectivity index (χ1) is 9.65. The van der Waals surface area contributed by atoms with Crippen LogP contribution in [0.4, 0.5) is 0 Å². The number of aldehydes is 1. The van der Waals surface area contributed by atoms with Crippen LogP contribution in [0, 0.1) is 0 Å². The molecule has 0 bridgehead atoms. The zero-order chi connectivity index (χ0) is 14.5. The van der Waals surface area contributed by atoms with Crippen molar-refractivity contribution in [2.75, 3.05) is 7.11 Å². The summed E-state index contributed by atoms with van der Waals surface area (Å²) < 4.78 is 11.6. The molecule has 104 valence electrons. The van der Waals surface area contributed by atoms with E-state index in [-0.39, 0.29) is 0 Å². The molecule has 0 aliphatic rings. The molecule has 0 aliphatic carbocycles. The third-order valence-electron chi connectivity index (χ3n) is 2.75. The predicted octanol–water partition coefficient (Wildman–Crippen LogP) is 4.50. The van der Waals surface area contributed by atoms with Crippen LogP contribution in [0.5, 0.6) is 11.5 Å². The Hall–Kier alpha value is -1.52. The molecule has 0 saturated heterocycles. The second-order valence-electron chi connectivity index (χ2n) is 4.02. The van der Waals surface area contributed by atoms with Crippen molar-refractivity contribution < 1.29 is 14.3 Å². The van der Waals surface area contributed by atoms with E-state index >= 15 is 0 Å². The first-order valence-corrected chi connectivity index (χ1v) is 7.01. The van der Waals surface area contributed by atoms with E-state index in [9.17, 15) is 4.79 Å². The Morgan fingerprint density at radius 3 is 2.65 bits per heavy atom. The lowest BCUT2D eigenvalue weighted by Gasteiger charge is -2.13. The van der Waals surface area contributed by atoms with Gasteiger partial charge in [0.2, 0.25) is 0 Å². The minimum absolute atomic E-state index is 0.322. The summed E-state index contributed by atoms with van der Waals surface area (Å²) in [7, 11) is 1.53. The van der Waals surface area contributed by atoms with Crippen LogP contribution in [0.1, 0.15) is 15.9 Å². The van der Waals surface area contributed by atoms with Gasteiger partial charge in [-0.05, 0) is 34.1 Å². The number of rotatable bonds is 5. The van der Waals surface area contributed by atoms with Crippen LogP contribution < -0.4 is 9.47 Å². The van der Waals surface area contributed by atoms with Crippen molar-refractivity contribution in [1.29, 1.82) is 0 Å². The van der Waals surface area contributed by atoms with E-state index in [4.69, 9.17) is 21.1 Å². The summed E-state index contributed by atoms with van der Waals surface area (Å²) in [5.74, 6) is 1.05. The van der Waals surface area contributed by atoms with Crippen molar-refractivity contribution in [3.05, 3.63) is 57.0 Å². The molecule has 0 N–H and O–H groups in total. The average molecular weight is 356 g/mol. The van der Waals surface area contributed by atoms with Crippen LogP contribution in [-0.4, -0.2) is 13.4 Å². The minimum Gasteiger partial charge on any atom is -0.493 e. The van der Waals surface area contributed by atoms with Crippen LogP contribution in [0.25, 0.3) is 0 Å². The fourth-order valence-corrected chi connectivity index (χ4v) is 2.29. The van der Waals surface area contributed by atoms with Gasteiger partial charge in [-0.2, -0.15) is 0 Å². The molecule has 0 unspecified atom stereocenters. The molecule has 0 aromatic heterocycles. The zero-order valence-corrected chi connectivity index (χ0v) is 13.1. The van der Waals surface area contributed by atoms with Gasteiger partial charge < -0.3 is 9.47 Å². The first-order valence-electron chi connectivity index (χ1n) is 5.84. The van der Waals surface area contributed by atoms with E-state index < -0.39 is 0 Å². The molecule has 0 radical (unpaired) electrons. The second-order valence-corrected chi connectivity index (χ2v) is 5.28. The maximum absolute atomic E-state index is 10.9. The van der Waals surface area contributed by atoms with Gasteiger partial charge in [0, 0.05) is 20.6 Å². The van der Waals surface area contributed by atoms with Gasteiger partial charge in [-0.15, -0.1) is 0 Å². The quantitative estimate of drug-likeness (QED) is 0.741. The van der Waals surface area contributed by atoms with E-state index in [2.05, 4.69) is 15.9 Å². The summed E-state index contributed by atoms with van der Waals surface area (Å²) in [4.78, 5) is 10.9. The van der Waals surface area contributed by atoms with E-state index in [0.717, 1.165) is 11.8 Å². The Balaban J connectivity index is 2.23. The van der Waals surface area contributed by atoms with Crippen LogP contribution in [0.3, 0.4) is 0 Å². The lowest BCUT2D eigenvalue weighted by Crippen LogP contribution is -1.99. The summed E-state index contributed by atoms with van der Waals surface area (Å²) in [6.45, 7) is 0.322. The highest BCUT2D eigenvalue weighted by atomic mass is 79.9. The van der Waals surface area contributed by atoms with Crippen molar-refractivity contribution in [2.24, 2.45) is 0 Å². The number of benzene rings is 2. The first kappa shape index (κ1) is 14.9. The number of carbonyl (C=O) groups is 1. The van der Waals surface area contributed by atoms with Crippen molar-refractivity contribution in [1.82, 2.24) is 0 Å². The third-order valence-corrected chi connectivity index (χ3v) is 3.81. The smallest absolute Gasteiger partial charge is 0.162 e. The number of ether oxygens (including phenoxy) is 2. The minimum atomic E-state index is 0.322. The Kier molecular flexibility index (Phi) is 5.04. The summed E-state index contributed by atoms with van der Waals surface area (Å²) in [5, 5.41) is 0.648. The van der Waals surface area contributed by atoms with E-state index in [1.807, 2.05) is 24.3 Å². The van der Waals surface area contributed by atoms with E-state index in [1.54, 1.807) is 12.1 Å². The van der Waals surface area contributed by atoms with Gasteiger partial charge in [0.05, 0.1) is 7.11 Å². The zero-order valence-electron chi connectivity index (χ0n) is 10.7. The molecular weight excluding hydrogens is 344 g/mol. The van der Waals surface area contributed by atoms with Crippen LogP contribution in [-0.2, 0) is 6.61 Å². The van der Waals surface area contributed by atoms with Gasteiger partial charge >= 0.3 is 0 Å². The molecule has 0 saturated carbocycles. The van der Waals surface area contributed by atoms with Crippen LogP contribution in [0.2, 0.25) is 5.02 Å². The van der Waals surface area contributed by atoms with Gasteiger partial charge in [0.15, 0.2) is 17.8 Å². The Morgan fingerprint density at radius 1 is 1.25 bits per heavy atom. The molecule has 2 rings (SSSR count). The highest BCUT2D eigenvalue weighted by molar-refractivity contribution is 9.10. The Morgan fingerprint density at radius 2 is 2.00 bits per heavy atom. The SMILES string of the molecule is COc1cc(C=O)c(Br)cc1OCc1ccccc1Cl. The molecular formula is C15H12BrClO3.